The van der Waals surface area contributed by atoms with Gasteiger partial charge in [-0.05, 0) is 54.3 Å². The molecular formula is C19H22N2OS. The molecule has 0 aliphatic rings. The summed E-state index contributed by atoms with van der Waals surface area (Å²) >= 11 is 1.70. The summed E-state index contributed by atoms with van der Waals surface area (Å²) in [5.74, 6) is 0.167. The molecule has 0 radical (unpaired) electrons. The van der Waals surface area contributed by atoms with Crippen LogP contribution in [0.2, 0.25) is 0 Å². The number of hydrogen-bond acceptors (Lipinski definition) is 2. The predicted molar refractivity (Wildman–Crippen MR) is 97.0 cm³/mol. The smallest absolute Gasteiger partial charge is 0.227 e. The summed E-state index contributed by atoms with van der Waals surface area (Å²) in [5.41, 5.74) is 4.59. The number of carbonyl (C=O) groups excluding carboxylic acids is 1. The minimum atomic E-state index is 0.167. The van der Waals surface area contributed by atoms with Crippen molar-refractivity contribution in [1.29, 1.82) is 0 Å². The van der Waals surface area contributed by atoms with Crippen LogP contribution in [0.1, 0.15) is 23.7 Å². The fourth-order valence-electron chi connectivity index (χ4n) is 2.97. The Kier molecular flexibility index (Phi) is 4.53. The van der Waals surface area contributed by atoms with Crippen molar-refractivity contribution in [2.45, 2.75) is 32.7 Å². The lowest BCUT2D eigenvalue weighted by atomic mass is 10.1. The molecule has 2 aromatic heterocycles. The lowest BCUT2D eigenvalue weighted by molar-refractivity contribution is -0.130. The Labute approximate surface area is 140 Å². The summed E-state index contributed by atoms with van der Waals surface area (Å²) in [7, 11) is 1.91. The summed E-state index contributed by atoms with van der Waals surface area (Å²) in [6, 6.07) is 10.5. The monoisotopic (exact) mass is 326 g/mol. The van der Waals surface area contributed by atoms with E-state index in [2.05, 4.69) is 40.9 Å². The second kappa shape index (κ2) is 6.59. The first kappa shape index (κ1) is 15.8. The maximum absolute atomic E-state index is 12.7. The molecule has 1 amide bonds. The molecule has 1 aromatic carbocycles. The molecule has 0 bridgehead atoms. The molecule has 0 unspecified atom stereocenters. The molecule has 1 N–H and O–H groups in total. The van der Waals surface area contributed by atoms with Gasteiger partial charge >= 0.3 is 0 Å². The Morgan fingerprint density at radius 1 is 1.30 bits per heavy atom. The molecule has 0 saturated heterocycles. The van der Waals surface area contributed by atoms with Gasteiger partial charge in [-0.1, -0.05) is 18.2 Å². The van der Waals surface area contributed by atoms with E-state index in [4.69, 9.17) is 0 Å². The van der Waals surface area contributed by atoms with Crippen LogP contribution < -0.4 is 0 Å². The minimum Gasteiger partial charge on any atom is -0.358 e. The number of rotatable bonds is 5. The number of benzene rings is 1. The largest absolute Gasteiger partial charge is 0.358 e. The number of nitrogens with zero attached hydrogens (tertiary/aromatic N) is 1. The van der Waals surface area contributed by atoms with E-state index in [-0.39, 0.29) is 11.9 Å². The first-order chi connectivity index (χ1) is 11.1. The highest BCUT2D eigenvalue weighted by molar-refractivity contribution is 7.07. The van der Waals surface area contributed by atoms with Gasteiger partial charge in [0.25, 0.3) is 0 Å². The van der Waals surface area contributed by atoms with Gasteiger partial charge in [0.2, 0.25) is 5.91 Å². The molecule has 1 atom stereocenters. The molecule has 0 fully saturated rings. The molecule has 0 aliphatic heterocycles. The van der Waals surface area contributed by atoms with Crippen molar-refractivity contribution in [2.75, 3.05) is 7.05 Å². The Balaban J connectivity index is 1.73. The van der Waals surface area contributed by atoms with Gasteiger partial charge in [0.05, 0.1) is 6.42 Å². The maximum Gasteiger partial charge on any atom is 0.227 e. The fraction of sp³-hybridized carbons (Fsp3) is 0.316. The number of aromatic nitrogens is 1. The first-order valence-corrected chi connectivity index (χ1v) is 8.83. The van der Waals surface area contributed by atoms with E-state index in [9.17, 15) is 4.79 Å². The number of hydrogen-bond donors (Lipinski definition) is 1. The fourth-order valence-corrected chi connectivity index (χ4v) is 3.65. The third-order valence-corrected chi connectivity index (χ3v) is 5.25. The average Bonchev–Trinajstić information content (AvgIpc) is 3.15. The zero-order valence-electron chi connectivity index (χ0n) is 13.8. The second-order valence-electron chi connectivity index (χ2n) is 6.14. The van der Waals surface area contributed by atoms with Gasteiger partial charge in [-0.25, -0.2) is 0 Å². The van der Waals surface area contributed by atoms with Gasteiger partial charge < -0.3 is 9.88 Å². The quantitative estimate of drug-likeness (QED) is 0.750. The van der Waals surface area contributed by atoms with Crippen LogP contribution in [0.15, 0.2) is 41.1 Å². The van der Waals surface area contributed by atoms with Crippen LogP contribution in [0.4, 0.5) is 0 Å². The third kappa shape index (κ3) is 3.32. The van der Waals surface area contributed by atoms with E-state index in [1.165, 1.54) is 5.56 Å². The van der Waals surface area contributed by atoms with Crippen molar-refractivity contribution in [3.05, 3.63) is 57.9 Å². The van der Waals surface area contributed by atoms with Crippen LogP contribution in [0, 0.1) is 6.92 Å². The number of fused-ring (bicyclic) bond motifs is 1. The number of H-pyrrole nitrogens is 1. The van der Waals surface area contributed by atoms with E-state index in [0.717, 1.165) is 28.6 Å². The van der Waals surface area contributed by atoms with Crippen molar-refractivity contribution in [3.8, 4) is 0 Å². The molecule has 120 valence electrons. The number of aromatic amines is 1. The topological polar surface area (TPSA) is 36.1 Å². The third-order valence-electron chi connectivity index (χ3n) is 4.52. The molecule has 0 aliphatic carbocycles. The highest BCUT2D eigenvalue weighted by Crippen LogP contribution is 2.23. The van der Waals surface area contributed by atoms with Crippen molar-refractivity contribution in [2.24, 2.45) is 0 Å². The number of likely N-dealkylation sites (N-methyl/N-ethyl adjacent to an activating group) is 1. The van der Waals surface area contributed by atoms with Crippen molar-refractivity contribution >= 4 is 28.1 Å². The summed E-state index contributed by atoms with van der Waals surface area (Å²) < 4.78 is 0. The summed E-state index contributed by atoms with van der Waals surface area (Å²) in [6.45, 7) is 4.15. The van der Waals surface area contributed by atoms with Crippen LogP contribution in [0.3, 0.4) is 0 Å². The normalized spacial score (nSPS) is 12.5. The van der Waals surface area contributed by atoms with Crippen LogP contribution in [0.25, 0.3) is 10.9 Å². The lowest BCUT2D eigenvalue weighted by Gasteiger charge is -2.25. The van der Waals surface area contributed by atoms with Crippen LogP contribution in [-0.2, 0) is 17.6 Å². The van der Waals surface area contributed by atoms with Gasteiger partial charge in [-0.3, -0.25) is 4.79 Å². The van der Waals surface area contributed by atoms with E-state index < -0.39 is 0 Å². The highest BCUT2D eigenvalue weighted by Gasteiger charge is 2.19. The molecule has 4 heteroatoms. The van der Waals surface area contributed by atoms with Crippen LogP contribution in [-0.4, -0.2) is 28.9 Å². The van der Waals surface area contributed by atoms with Gasteiger partial charge in [-0.15, -0.1) is 0 Å². The number of carbonyl (C=O) groups is 1. The Bertz CT molecular complexity index is 804. The van der Waals surface area contributed by atoms with Crippen LogP contribution >= 0.6 is 11.3 Å². The number of thiophene rings is 1. The molecule has 3 nitrogen and oxygen atoms in total. The average molecular weight is 326 g/mol. The Hall–Kier alpha value is -2.07. The predicted octanol–water partition coefficient (Wildman–Crippen LogP) is 4.17. The van der Waals surface area contributed by atoms with E-state index in [0.29, 0.717) is 6.42 Å². The second-order valence-corrected chi connectivity index (χ2v) is 6.92. The molecule has 23 heavy (non-hydrogen) atoms. The Morgan fingerprint density at radius 3 is 2.83 bits per heavy atom. The number of aryl methyl sites for hydroxylation is 1. The Morgan fingerprint density at radius 2 is 2.09 bits per heavy atom. The number of amides is 1. The standard InChI is InChI=1S/C19H22N2OS/c1-13(10-15-8-9-23-12-15)21(3)19(22)11-17-14(2)20-18-7-5-4-6-16(17)18/h4-9,12-13,20H,10-11H2,1-3H3/t13-/m0/s1. The van der Waals surface area contributed by atoms with Crippen molar-refractivity contribution in [1.82, 2.24) is 9.88 Å². The zero-order valence-corrected chi connectivity index (χ0v) is 14.6. The molecular weight excluding hydrogens is 304 g/mol. The first-order valence-electron chi connectivity index (χ1n) is 7.89. The summed E-state index contributed by atoms with van der Waals surface area (Å²) in [4.78, 5) is 17.9. The van der Waals surface area contributed by atoms with Gasteiger partial charge in [0.15, 0.2) is 0 Å². The van der Waals surface area contributed by atoms with E-state index >= 15 is 0 Å². The SMILES string of the molecule is Cc1[nH]c2ccccc2c1CC(=O)N(C)[C@@H](C)Cc1ccsc1. The molecule has 0 spiro atoms. The number of para-hydroxylation sites is 1. The lowest BCUT2D eigenvalue weighted by Crippen LogP contribution is -2.37. The van der Waals surface area contributed by atoms with E-state index in [1.54, 1.807) is 11.3 Å². The van der Waals surface area contributed by atoms with Crippen molar-refractivity contribution in [3.63, 3.8) is 0 Å². The summed E-state index contributed by atoms with van der Waals surface area (Å²) in [5, 5.41) is 5.38. The van der Waals surface area contributed by atoms with Gasteiger partial charge in [0.1, 0.15) is 0 Å². The molecule has 0 saturated carbocycles. The highest BCUT2D eigenvalue weighted by atomic mass is 32.1. The van der Waals surface area contributed by atoms with Crippen molar-refractivity contribution < 1.29 is 4.79 Å². The van der Waals surface area contributed by atoms with Gasteiger partial charge in [-0.2, -0.15) is 11.3 Å². The molecule has 3 aromatic rings. The molecule has 3 rings (SSSR count). The van der Waals surface area contributed by atoms with Gasteiger partial charge in [0, 0.05) is 29.7 Å². The molecule has 2 heterocycles. The van der Waals surface area contributed by atoms with Crippen LogP contribution in [0.5, 0.6) is 0 Å². The zero-order chi connectivity index (χ0) is 16.4. The number of nitrogens with one attached hydrogen (secondary N) is 1. The maximum atomic E-state index is 12.7. The minimum absolute atomic E-state index is 0.167. The van der Waals surface area contributed by atoms with E-state index in [1.807, 2.05) is 31.0 Å². The summed E-state index contributed by atoms with van der Waals surface area (Å²) in [6.07, 6.45) is 1.35.